The van der Waals surface area contributed by atoms with Gasteiger partial charge in [0.15, 0.2) is 11.5 Å². The van der Waals surface area contributed by atoms with E-state index >= 15 is 0 Å². The molecule has 0 saturated carbocycles. The van der Waals surface area contributed by atoms with Crippen LogP contribution in [0.3, 0.4) is 0 Å². The normalized spacial score (nSPS) is 11.8. The van der Waals surface area contributed by atoms with Gasteiger partial charge in [0.1, 0.15) is 11.3 Å². The highest BCUT2D eigenvalue weighted by Crippen LogP contribution is 2.24. The maximum absolute atomic E-state index is 13.5. The van der Waals surface area contributed by atoms with Crippen molar-refractivity contribution >= 4 is 34.7 Å². The molecule has 1 atom stereocenters. The Kier molecular flexibility index (Phi) is 7.73. The average molecular weight is 453 g/mol. The zero-order valence-electron chi connectivity index (χ0n) is 18.8. The molecule has 0 radical (unpaired) electrons. The van der Waals surface area contributed by atoms with Crippen LogP contribution in [-0.4, -0.2) is 58.8 Å². The van der Waals surface area contributed by atoms with Crippen LogP contribution >= 0.6 is 0 Å². The number of hydrogen-bond donors (Lipinski definition) is 2. The smallest absolute Gasteiger partial charge is 0.305 e. The molecule has 0 unspecified atom stereocenters. The first kappa shape index (κ1) is 23.9. The van der Waals surface area contributed by atoms with Crippen molar-refractivity contribution < 1.29 is 19.4 Å². The van der Waals surface area contributed by atoms with Gasteiger partial charge in [0.25, 0.3) is 5.56 Å². The van der Waals surface area contributed by atoms with Crippen LogP contribution in [0.1, 0.15) is 31.4 Å². The molecule has 0 aliphatic rings. The number of carboxylic acids is 1. The van der Waals surface area contributed by atoms with Gasteiger partial charge in [-0.05, 0) is 17.7 Å². The monoisotopic (exact) mass is 453 g/mol. The van der Waals surface area contributed by atoms with Crippen molar-refractivity contribution in [2.45, 2.75) is 25.8 Å². The highest BCUT2D eigenvalue weighted by atomic mass is 16.5. The Labute approximate surface area is 190 Å². The minimum Gasteiger partial charge on any atom is -0.481 e. The Morgan fingerprint density at radius 1 is 1.18 bits per heavy atom. The number of ether oxygens (including phenoxy) is 1. The number of aliphatic carboxylic acids is 1. The number of fused-ring (bicyclic) bond motifs is 1. The van der Waals surface area contributed by atoms with Crippen LogP contribution in [0.15, 0.2) is 47.3 Å². The van der Waals surface area contributed by atoms with E-state index in [-0.39, 0.29) is 31.3 Å². The Hall–Kier alpha value is -3.79. The number of pyridine rings is 1. The van der Waals surface area contributed by atoms with Gasteiger partial charge in [-0.2, -0.15) is 0 Å². The predicted molar refractivity (Wildman–Crippen MR) is 125 cm³/mol. The Morgan fingerprint density at radius 2 is 1.91 bits per heavy atom. The fraction of sp³-hybridized carbons (Fsp3) is 0.348. The number of aromatic nitrogens is 3. The lowest BCUT2D eigenvalue weighted by molar-refractivity contribution is -0.136. The number of anilines is 2. The van der Waals surface area contributed by atoms with Crippen molar-refractivity contribution in [1.29, 1.82) is 0 Å². The van der Waals surface area contributed by atoms with Crippen LogP contribution in [0.2, 0.25) is 0 Å². The van der Waals surface area contributed by atoms with E-state index < -0.39 is 17.6 Å². The second kappa shape index (κ2) is 10.7. The van der Waals surface area contributed by atoms with E-state index in [4.69, 9.17) is 9.84 Å². The fourth-order valence-electron chi connectivity index (χ4n) is 3.47. The average Bonchev–Trinajstić information content (AvgIpc) is 2.82. The summed E-state index contributed by atoms with van der Waals surface area (Å²) in [6.45, 7) is 1.99. The van der Waals surface area contributed by atoms with Gasteiger partial charge >= 0.3 is 5.97 Å². The molecule has 2 aromatic heterocycles. The van der Waals surface area contributed by atoms with Crippen LogP contribution in [0.5, 0.6) is 0 Å². The van der Waals surface area contributed by atoms with Crippen LogP contribution < -0.4 is 15.8 Å². The van der Waals surface area contributed by atoms with Gasteiger partial charge < -0.3 is 15.2 Å². The highest BCUT2D eigenvalue weighted by Gasteiger charge is 2.23. The van der Waals surface area contributed by atoms with Crippen LogP contribution in [-0.2, 0) is 14.3 Å². The summed E-state index contributed by atoms with van der Waals surface area (Å²) in [5.41, 5.74) is 1.08. The molecule has 3 rings (SSSR count). The maximum Gasteiger partial charge on any atom is 0.305 e. The van der Waals surface area contributed by atoms with Crippen LogP contribution in [0, 0.1) is 0 Å². The number of nitrogens with one attached hydrogen (secondary N) is 1. The number of methoxy groups -OCH3 is 1. The van der Waals surface area contributed by atoms with Gasteiger partial charge in [-0.25, -0.2) is 9.97 Å². The molecule has 0 saturated heterocycles. The first-order valence-electron chi connectivity index (χ1n) is 10.6. The SMILES string of the molecule is CCC(=O)N(C)c1ccc2nc(NCCC(=O)O)c(=O)n([C@@H](COC)c3ccccc3)c2n1. The van der Waals surface area contributed by atoms with Gasteiger partial charge in [0, 0.05) is 27.1 Å². The van der Waals surface area contributed by atoms with E-state index in [1.54, 1.807) is 33.2 Å². The van der Waals surface area contributed by atoms with E-state index in [2.05, 4.69) is 15.3 Å². The molecule has 1 aromatic carbocycles. The summed E-state index contributed by atoms with van der Waals surface area (Å²) in [6.07, 6.45) is 0.143. The van der Waals surface area contributed by atoms with Crippen molar-refractivity contribution in [2.24, 2.45) is 0 Å². The largest absolute Gasteiger partial charge is 0.481 e. The minimum atomic E-state index is -0.986. The molecule has 33 heavy (non-hydrogen) atoms. The third-order valence-electron chi connectivity index (χ3n) is 5.19. The van der Waals surface area contributed by atoms with Gasteiger partial charge in [0.2, 0.25) is 5.91 Å². The van der Waals surface area contributed by atoms with Crippen LogP contribution in [0.25, 0.3) is 11.2 Å². The van der Waals surface area contributed by atoms with E-state index in [0.717, 1.165) is 5.56 Å². The number of carboxylic acid groups (broad SMARTS) is 1. The number of carbonyl (C=O) groups is 2. The molecular weight excluding hydrogens is 426 g/mol. The molecule has 2 N–H and O–H groups in total. The van der Waals surface area contributed by atoms with Gasteiger partial charge in [-0.1, -0.05) is 37.3 Å². The lowest BCUT2D eigenvalue weighted by Gasteiger charge is -2.23. The Morgan fingerprint density at radius 3 is 2.55 bits per heavy atom. The highest BCUT2D eigenvalue weighted by molar-refractivity contribution is 5.92. The predicted octanol–water partition coefficient (Wildman–Crippen LogP) is 2.29. The molecule has 2 heterocycles. The number of amides is 1. The summed E-state index contributed by atoms with van der Waals surface area (Å²) < 4.78 is 6.92. The summed E-state index contributed by atoms with van der Waals surface area (Å²) in [4.78, 5) is 47.1. The second-order valence-electron chi connectivity index (χ2n) is 7.41. The standard InChI is InChI=1S/C23H27N5O5/c1-4-19(29)27(2)18-11-10-16-22(26-18)28(17(14-33-3)15-8-6-5-7-9-15)23(32)21(25-16)24-13-12-20(30)31/h5-11,17H,4,12-14H2,1-3H3,(H,24,25)(H,30,31)/t17-/m0/s1. The second-order valence-corrected chi connectivity index (χ2v) is 7.41. The zero-order chi connectivity index (χ0) is 24.0. The quantitative estimate of drug-likeness (QED) is 0.479. The number of rotatable bonds is 10. The van der Waals surface area contributed by atoms with Gasteiger partial charge in [0.05, 0.1) is 19.1 Å². The summed E-state index contributed by atoms with van der Waals surface area (Å²) in [5.74, 6) is -0.694. The zero-order valence-corrected chi connectivity index (χ0v) is 18.8. The number of carbonyl (C=O) groups excluding carboxylic acids is 1. The number of hydrogen-bond acceptors (Lipinski definition) is 7. The molecule has 0 aliphatic heterocycles. The Bertz CT molecular complexity index is 1200. The van der Waals surface area contributed by atoms with Crippen LogP contribution in [0.4, 0.5) is 11.6 Å². The number of benzene rings is 1. The fourth-order valence-corrected chi connectivity index (χ4v) is 3.47. The van der Waals surface area contributed by atoms with Crippen molar-refractivity contribution in [2.75, 3.05) is 37.5 Å². The molecule has 10 heteroatoms. The molecular formula is C23H27N5O5. The van der Waals surface area contributed by atoms with Crippen molar-refractivity contribution in [3.63, 3.8) is 0 Å². The molecule has 174 valence electrons. The van der Waals surface area contributed by atoms with E-state index in [1.165, 1.54) is 9.47 Å². The van der Waals surface area contributed by atoms with Gasteiger partial charge in [-0.15, -0.1) is 0 Å². The van der Waals surface area contributed by atoms with Gasteiger partial charge in [-0.3, -0.25) is 23.9 Å². The summed E-state index contributed by atoms with van der Waals surface area (Å²) in [6, 6.07) is 12.2. The molecule has 3 aromatic rings. The van der Waals surface area contributed by atoms with E-state index in [1.807, 2.05) is 30.3 Å². The first-order valence-corrected chi connectivity index (χ1v) is 10.6. The number of nitrogens with zero attached hydrogens (tertiary/aromatic N) is 4. The summed E-state index contributed by atoms with van der Waals surface area (Å²) in [7, 11) is 3.17. The van der Waals surface area contributed by atoms with Crippen molar-refractivity contribution in [3.05, 3.63) is 58.4 Å². The lowest BCUT2D eigenvalue weighted by atomic mass is 10.1. The molecule has 10 nitrogen and oxygen atoms in total. The molecule has 0 spiro atoms. The molecule has 0 fully saturated rings. The molecule has 0 aliphatic carbocycles. The first-order chi connectivity index (χ1) is 15.9. The molecule has 0 bridgehead atoms. The lowest BCUT2D eigenvalue weighted by Crippen LogP contribution is -2.33. The summed E-state index contributed by atoms with van der Waals surface area (Å²) >= 11 is 0. The van der Waals surface area contributed by atoms with E-state index in [9.17, 15) is 14.4 Å². The molecule has 1 amide bonds. The maximum atomic E-state index is 13.5. The minimum absolute atomic E-state index is 0.0216. The van der Waals surface area contributed by atoms with E-state index in [0.29, 0.717) is 23.4 Å². The third kappa shape index (κ3) is 5.35. The summed E-state index contributed by atoms with van der Waals surface area (Å²) in [5, 5.41) is 11.8. The third-order valence-corrected chi connectivity index (χ3v) is 5.19. The topological polar surface area (TPSA) is 127 Å². The van der Waals surface area contributed by atoms with Crippen molar-refractivity contribution in [3.8, 4) is 0 Å². The Balaban J connectivity index is 2.24. The van der Waals surface area contributed by atoms with Crippen molar-refractivity contribution in [1.82, 2.24) is 14.5 Å².